The van der Waals surface area contributed by atoms with Gasteiger partial charge in [-0.15, -0.1) is 0 Å². The minimum Gasteiger partial charge on any atom is -0.337 e. The van der Waals surface area contributed by atoms with Gasteiger partial charge in [0.15, 0.2) is 5.82 Å². The van der Waals surface area contributed by atoms with E-state index in [1.54, 1.807) is 0 Å². The summed E-state index contributed by atoms with van der Waals surface area (Å²) in [4.78, 5) is 8.14. The number of nitrogens with two attached hydrogens (primary N) is 1. The summed E-state index contributed by atoms with van der Waals surface area (Å²) < 4.78 is 2.50. The van der Waals surface area contributed by atoms with Crippen molar-refractivity contribution in [3.63, 3.8) is 0 Å². The van der Waals surface area contributed by atoms with E-state index in [4.69, 9.17) is 5.84 Å². The van der Waals surface area contributed by atoms with Crippen molar-refractivity contribution in [3.8, 4) is 0 Å². The maximum Gasteiger partial charge on any atom is 0.159 e. The van der Waals surface area contributed by atoms with Crippen molar-refractivity contribution in [2.75, 3.05) is 10.7 Å². The monoisotopic (exact) mass is 435 g/mol. The average molecular weight is 438 g/mol. The van der Waals surface area contributed by atoms with Gasteiger partial charge in [0.2, 0.25) is 0 Å². The summed E-state index contributed by atoms with van der Waals surface area (Å²) >= 11 is 10.3. The van der Waals surface area contributed by atoms with E-state index in [-0.39, 0.29) is 0 Å². The van der Waals surface area contributed by atoms with Gasteiger partial charge in [-0.05, 0) is 59.9 Å². The molecule has 1 aromatic heterocycles. The van der Waals surface area contributed by atoms with Crippen LogP contribution < -0.4 is 16.6 Å². The zero-order valence-corrected chi connectivity index (χ0v) is 13.7. The molecule has 18 heavy (non-hydrogen) atoms. The molecule has 5 nitrogen and oxygen atoms in total. The highest BCUT2D eigenvalue weighted by atomic mass is 79.9. The maximum absolute atomic E-state index is 5.36. The van der Waals surface area contributed by atoms with Crippen LogP contribution in [0.2, 0.25) is 0 Å². The lowest BCUT2D eigenvalue weighted by molar-refractivity contribution is 1.12. The van der Waals surface area contributed by atoms with Gasteiger partial charge in [-0.25, -0.2) is 15.8 Å². The molecule has 94 valence electrons. The Bertz CT molecular complexity index is 555. The molecule has 0 radical (unpaired) electrons. The summed E-state index contributed by atoms with van der Waals surface area (Å²) in [6, 6.07) is 5.80. The summed E-state index contributed by atoms with van der Waals surface area (Å²) in [7, 11) is 0. The van der Waals surface area contributed by atoms with Crippen molar-refractivity contribution in [1.82, 2.24) is 9.97 Å². The van der Waals surface area contributed by atoms with Crippen molar-refractivity contribution >= 4 is 65.1 Å². The lowest BCUT2D eigenvalue weighted by Gasteiger charge is -2.12. The number of hydrogen-bond donors (Lipinski definition) is 3. The molecule has 0 aliphatic rings. The number of nitrogen functional groups attached to an aromatic ring is 1. The van der Waals surface area contributed by atoms with Crippen molar-refractivity contribution in [2.24, 2.45) is 5.84 Å². The molecule has 0 fully saturated rings. The number of rotatable bonds is 3. The van der Waals surface area contributed by atoms with Crippen LogP contribution in [0, 0.1) is 0 Å². The number of anilines is 3. The molecule has 1 heterocycles. The zero-order chi connectivity index (χ0) is 13.1. The Balaban J connectivity index is 2.40. The predicted octanol–water partition coefficient (Wildman–Crippen LogP) is 3.79. The second-order valence-corrected chi connectivity index (χ2v) is 5.75. The maximum atomic E-state index is 5.36. The summed E-state index contributed by atoms with van der Waals surface area (Å²) in [6.07, 6.45) is 1.42. The Kier molecular flexibility index (Phi) is 4.55. The fourth-order valence-electron chi connectivity index (χ4n) is 1.29. The number of hydrogen-bond acceptors (Lipinski definition) is 5. The third-order valence-corrected chi connectivity index (χ3v) is 4.21. The van der Waals surface area contributed by atoms with Crippen LogP contribution in [0.5, 0.6) is 0 Å². The second kappa shape index (κ2) is 5.96. The molecule has 0 bridgehead atoms. The first-order valence-electron chi connectivity index (χ1n) is 4.81. The van der Waals surface area contributed by atoms with Gasteiger partial charge >= 0.3 is 0 Å². The van der Waals surface area contributed by atoms with Crippen molar-refractivity contribution in [3.05, 3.63) is 37.9 Å². The number of aromatic nitrogens is 2. The number of nitrogens with zero attached hydrogens (tertiary/aromatic N) is 2. The average Bonchev–Trinajstić information content (AvgIpc) is 2.36. The number of benzene rings is 1. The highest BCUT2D eigenvalue weighted by molar-refractivity contribution is 9.11. The Hall–Kier alpha value is -0.700. The number of para-hydroxylation sites is 1. The van der Waals surface area contributed by atoms with Crippen LogP contribution in [0.4, 0.5) is 17.3 Å². The quantitative estimate of drug-likeness (QED) is 0.503. The second-order valence-electron chi connectivity index (χ2n) is 3.25. The smallest absolute Gasteiger partial charge is 0.159 e. The Morgan fingerprint density at radius 2 is 1.61 bits per heavy atom. The fourth-order valence-corrected chi connectivity index (χ4v) is 2.91. The number of hydrazine groups is 1. The van der Waals surface area contributed by atoms with Gasteiger partial charge in [0, 0.05) is 8.95 Å². The van der Waals surface area contributed by atoms with E-state index in [1.165, 1.54) is 6.33 Å². The van der Waals surface area contributed by atoms with E-state index in [0.29, 0.717) is 16.1 Å². The minimum atomic E-state index is 0.510. The molecule has 2 aromatic rings. The Morgan fingerprint density at radius 1 is 1.00 bits per heavy atom. The van der Waals surface area contributed by atoms with Gasteiger partial charge in [-0.1, -0.05) is 6.07 Å². The van der Waals surface area contributed by atoms with Gasteiger partial charge in [-0.3, -0.25) is 0 Å². The zero-order valence-electron chi connectivity index (χ0n) is 8.92. The number of nitrogens with one attached hydrogen (secondary N) is 2. The van der Waals surface area contributed by atoms with Crippen molar-refractivity contribution < 1.29 is 0 Å². The molecule has 0 saturated heterocycles. The van der Waals surface area contributed by atoms with Crippen molar-refractivity contribution in [2.45, 2.75) is 0 Å². The molecule has 2 rings (SSSR count). The van der Waals surface area contributed by atoms with E-state index in [1.807, 2.05) is 18.2 Å². The van der Waals surface area contributed by atoms with E-state index in [2.05, 4.69) is 68.5 Å². The first kappa shape index (κ1) is 13.7. The fraction of sp³-hybridized carbons (Fsp3) is 0. The molecular weight excluding hydrogens is 430 g/mol. The van der Waals surface area contributed by atoms with E-state index >= 15 is 0 Å². The highest BCUT2D eigenvalue weighted by Gasteiger charge is 2.11. The van der Waals surface area contributed by atoms with E-state index < -0.39 is 0 Å². The van der Waals surface area contributed by atoms with Crippen LogP contribution in [0.3, 0.4) is 0 Å². The molecular formula is C10H8Br3N5. The van der Waals surface area contributed by atoms with Crippen LogP contribution in [0.15, 0.2) is 37.9 Å². The van der Waals surface area contributed by atoms with Crippen LogP contribution in [0.25, 0.3) is 0 Å². The standard InChI is InChI=1S/C10H8Br3N5/c11-5-2-1-3-6(12)8(5)17-9-7(13)10(18-14)16-4-15-9/h1-4H,14H2,(H2,15,16,17,18). The lowest BCUT2D eigenvalue weighted by atomic mass is 10.3. The number of halogens is 3. The first-order valence-corrected chi connectivity index (χ1v) is 7.19. The first-order chi connectivity index (χ1) is 8.63. The van der Waals surface area contributed by atoms with Gasteiger partial charge < -0.3 is 10.7 Å². The minimum absolute atomic E-state index is 0.510. The molecule has 8 heteroatoms. The Labute approximate surface area is 129 Å². The largest absolute Gasteiger partial charge is 0.337 e. The van der Waals surface area contributed by atoms with Crippen LogP contribution in [0.1, 0.15) is 0 Å². The summed E-state index contributed by atoms with van der Waals surface area (Å²) in [5, 5.41) is 3.20. The molecule has 0 spiro atoms. The van der Waals surface area contributed by atoms with E-state index in [0.717, 1.165) is 14.6 Å². The SMILES string of the molecule is NNc1ncnc(Nc2c(Br)cccc2Br)c1Br. The summed E-state index contributed by atoms with van der Waals surface area (Å²) in [5.74, 6) is 6.48. The third-order valence-electron chi connectivity index (χ3n) is 2.13. The molecule has 0 amide bonds. The van der Waals surface area contributed by atoms with Crippen molar-refractivity contribution in [1.29, 1.82) is 0 Å². The van der Waals surface area contributed by atoms with Crippen LogP contribution >= 0.6 is 47.8 Å². The molecule has 1 aromatic carbocycles. The topological polar surface area (TPSA) is 75.9 Å². The predicted molar refractivity (Wildman–Crippen MR) is 82.7 cm³/mol. The van der Waals surface area contributed by atoms with Crippen LogP contribution in [-0.4, -0.2) is 9.97 Å². The van der Waals surface area contributed by atoms with Gasteiger partial charge in [-0.2, -0.15) is 0 Å². The lowest BCUT2D eigenvalue weighted by Crippen LogP contribution is -2.10. The molecule has 0 aliphatic carbocycles. The third kappa shape index (κ3) is 2.82. The molecule has 4 N–H and O–H groups in total. The summed E-state index contributed by atoms with van der Waals surface area (Å²) in [5.41, 5.74) is 3.36. The molecule has 0 aliphatic heterocycles. The molecule has 0 atom stereocenters. The van der Waals surface area contributed by atoms with Gasteiger partial charge in [0.1, 0.15) is 16.6 Å². The van der Waals surface area contributed by atoms with Crippen LogP contribution in [-0.2, 0) is 0 Å². The highest BCUT2D eigenvalue weighted by Crippen LogP contribution is 2.35. The van der Waals surface area contributed by atoms with Gasteiger partial charge in [0.25, 0.3) is 0 Å². The summed E-state index contributed by atoms with van der Waals surface area (Å²) in [6.45, 7) is 0. The van der Waals surface area contributed by atoms with Gasteiger partial charge in [0.05, 0.1) is 5.69 Å². The molecule has 0 saturated carbocycles. The molecule has 0 unspecified atom stereocenters. The van der Waals surface area contributed by atoms with E-state index in [9.17, 15) is 0 Å². The normalized spacial score (nSPS) is 10.2. The Morgan fingerprint density at radius 3 is 2.22 bits per heavy atom.